The van der Waals surface area contributed by atoms with Gasteiger partial charge < -0.3 is 0 Å². The van der Waals surface area contributed by atoms with Gasteiger partial charge >= 0.3 is 0 Å². The summed E-state index contributed by atoms with van der Waals surface area (Å²) >= 11 is 10.3. The Morgan fingerprint density at radius 3 is 1.95 bits per heavy atom. The van der Waals surface area contributed by atoms with Crippen LogP contribution in [0.5, 0.6) is 0 Å². The lowest BCUT2D eigenvalue weighted by molar-refractivity contribution is 1.22. The van der Waals surface area contributed by atoms with Crippen LogP contribution in [0.15, 0.2) is 50.3 Å². The van der Waals surface area contributed by atoms with Gasteiger partial charge in [-0.15, -0.1) is 22.7 Å². The summed E-state index contributed by atoms with van der Waals surface area (Å²) in [5.41, 5.74) is 3.37. The molecular formula is C15H7Br2N3S2. The Morgan fingerprint density at radius 2 is 1.41 bits per heavy atom. The van der Waals surface area contributed by atoms with Gasteiger partial charge in [0.25, 0.3) is 0 Å². The van der Waals surface area contributed by atoms with E-state index in [9.17, 15) is 0 Å². The average molecular weight is 453 g/mol. The first-order valence-corrected chi connectivity index (χ1v) is 9.68. The van der Waals surface area contributed by atoms with Crippen molar-refractivity contribution in [1.29, 1.82) is 0 Å². The minimum Gasteiger partial charge on any atom is -0.246 e. The molecule has 4 aromatic rings. The van der Waals surface area contributed by atoms with Gasteiger partial charge in [-0.1, -0.05) is 12.1 Å². The fourth-order valence-corrected chi connectivity index (χ4v) is 4.34. The number of thiophene rings is 2. The van der Waals surface area contributed by atoms with Gasteiger partial charge in [-0.05, 0) is 54.8 Å². The van der Waals surface area contributed by atoms with Gasteiger partial charge in [-0.2, -0.15) is 0 Å². The van der Waals surface area contributed by atoms with Crippen LogP contribution < -0.4 is 0 Å². The molecule has 0 spiro atoms. The van der Waals surface area contributed by atoms with Crippen LogP contribution in [-0.4, -0.2) is 15.0 Å². The highest BCUT2D eigenvalue weighted by Gasteiger charge is 2.17. The van der Waals surface area contributed by atoms with E-state index in [1.807, 2.05) is 17.5 Å². The monoisotopic (exact) mass is 451 g/mol. The zero-order valence-corrected chi connectivity index (χ0v) is 15.8. The largest absolute Gasteiger partial charge is 0.246 e. The number of halogens is 2. The average Bonchev–Trinajstić information content (AvgIpc) is 3.22. The topological polar surface area (TPSA) is 38.7 Å². The first-order valence-electron chi connectivity index (χ1n) is 6.33. The van der Waals surface area contributed by atoms with Crippen molar-refractivity contribution in [2.75, 3.05) is 0 Å². The van der Waals surface area contributed by atoms with E-state index in [-0.39, 0.29) is 0 Å². The van der Waals surface area contributed by atoms with Gasteiger partial charge in [0.2, 0.25) is 0 Å². The number of aromatic nitrogens is 3. The molecule has 0 aliphatic rings. The molecule has 0 aliphatic carbocycles. The SMILES string of the molecule is Brc1cnc(Br)c2nc(-c3cccs3)c(-c3cccs3)nc12. The van der Waals surface area contributed by atoms with Crippen molar-refractivity contribution in [2.45, 2.75) is 0 Å². The third-order valence-electron chi connectivity index (χ3n) is 3.12. The maximum atomic E-state index is 4.87. The smallest absolute Gasteiger partial charge is 0.133 e. The molecule has 0 saturated heterocycles. The minimum absolute atomic E-state index is 0.703. The van der Waals surface area contributed by atoms with E-state index in [0.717, 1.165) is 36.6 Å². The summed E-state index contributed by atoms with van der Waals surface area (Å²) in [6, 6.07) is 8.19. The van der Waals surface area contributed by atoms with Gasteiger partial charge in [0.1, 0.15) is 27.0 Å². The summed E-state index contributed by atoms with van der Waals surface area (Å²) in [4.78, 5) is 16.2. The normalized spacial score (nSPS) is 11.2. The fourth-order valence-electron chi connectivity index (χ4n) is 2.15. The van der Waals surface area contributed by atoms with Crippen molar-refractivity contribution in [1.82, 2.24) is 15.0 Å². The molecule has 0 atom stereocenters. The molecule has 0 aromatic carbocycles. The summed E-state index contributed by atoms with van der Waals surface area (Å²) in [6.45, 7) is 0. The summed E-state index contributed by atoms with van der Waals surface area (Å²) < 4.78 is 1.54. The van der Waals surface area contributed by atoms with Gasteiger partial charge in [0, 0.05) is 6.20 Å². The second-order valence-electron chi connectivity index (χ2n) is 4.47. The molecule has 4 rings (SSSR count). The van der Waals surface area contributed by atoms with Gasteiger partial charge in [0.05, 0.1) is 14.2 Å². The molecule has 7 heteroatoms. The second kappa shape index (κ2) is 5.81. The highest BCUT2D eigenvalue weighted by Crippen LogP contribution is 2.37. The van der Waals surface area contributed by atoms with Crippen molar-refractivity contribution >= 4 is 65.6 Å². The first-order chi connectivity index (χ1) is 10.7. The van der Waals surface area contributed by atoms with Crippen molar-refractivity contribution in [3.05, 3.63) is 50.3 Å². The van der Waals surface area contributed by atoms with Crippen LogP contribution >= 0.6 is 54.5 Å². The zero-order chi connectivity index (χ0) is 15.1. The van der Waals surface area contributed by atoms with Crippen LogP contribution in [0.4, 0.5) is 0 Å². The van der Waals surface area contributed by atoms with Crippen molar-refractivity contribution in [2.24, 2.45) is 0 Å². The molecule has 0 amide bonds. The van der Waals surface area contributed by atoms with Crippen LogP contribution in [-0.2, 0) is 0 Å². The lowest BCUT2D eigenvalue weighted by Crippen LogP contribution is -1.95. The number of hydrogen-bond donors (Lipinski definition) is 0. The predicted octanol–water partition coefficient (Wildman–Crippen LogP) is 6.01. The van der Waals surface area contributed by atoms with E-state index in [0.29, 0.717) is 4.60 Å². The zero-order valence-electron chi connectivity index (χ0n) is 11.0. The Kier molecular flexibility index (Phi) is 3.81. The van der Waals surface area contributed by atoms with Crippen LogP contribution in [0.2, 0.25) is 0 Å². The molecule has 0 fully saturated rings. The lowest BCUT2D eigenvalue weighted by atomic mass is 10.2. The Morgan fingerprint density at radius 1 is 0.818 bits per heavy atom. The van der Waals surface area contributed by atoms with E-state index in [2.05, 4.69) is 54.4 Å². The van der Waals surface area contributed by atoms with E-state index in [1.165, 1.54) is 0 Å². The highest BCUT2D eigenvalue weighted by molar-refractivity contribution is 9.11. The van der Waals surface area contributed by atoms with Crippen molar-refractivity contribution in [3.63, 3.8) is 0 Å². The maximum absolute atomic E-state index is 4.87. The van der Waals surface area contributed by atoms with E-state index in [1.54, 1.807) is 28.9 Å². The van der Waals surface area contributed by atoms with Crippen LogP contribution in [0.1, 0.15) is 0 Å². The van der Waals surface area contributed by atoms with Gasteiger partial charge in [-0.3, -0.25) is 0 Å². The molecule has 0 unspecified atom stereocenters. The van der Waals surface area contributed by atoms with Crippen LogP contribution in [0.3, 0.4) is 0 Å². The minimum atomic E-state index is 0.703. The third kappa shape index (κ3) is 2.42. The summed E-state index contributed by atoms with van der Waals surface area (Å²) in [5, 5.41) is 4.10. The Balaban J connectivity index is 2.11. The molecule has 0 radical (unpaired) electrons. The molecule has 4 heterocycles. The Labute approximate surface area is 151 Å². The Hall–Kier alpha value is -1.15. The number of rotatable bonds is 2. The summed E-state index contributed by atoms with van der Waals surface area (Å²) in [5.74, 6) is 0. The molecule has 0 aliphatic heterocycles. The van der Waals surface area contributed by atoms with E-state index >= 15 is 0 Å². The standard InChI is InChI=1S/C15H7Br2N3S2/c16-8-7-18-15(17)14-11(8)19-12(9-3-1-5-21-9)13(20-14)10-4-2-6-22-10/h1-7H. The molecule has 0 bridgehead atoms. The number of hydrogen-bond acceptors (Lipinski definition) is 5. The quantitative estimate of drug-likeness (QED) is 0.349. The molecule has 3 nitrogen and oxygen atoms in total. The van der Waals surface area contributed by atoms with Crippen molar-refractivity contribution in [3.8, 4) is 21.1 Å². The molecular weight excluding hydrogens is 446 g/mol. The van der Waals surface area contributed by atoms with Gasteiger partial charge in [0.15, 0.2) is 0 Å². The second-order valence-corrected chi connectivity index (χ2v) is 7.97. The molecule has 108 valence electrons. The first kappa shape index (κ1) is 14.4. The number of pyridine rings is 1. The van der Waals surface area contributed by atoms with Gasteiger partial charge in [-0.25, -0.2) is 15.0 Å². The highest BCUT2D eigenvalue weighted by atomic mass is 79.9. The van der Waals surface area contributed by atoms with E-state index < -0.39 is 0 Å². The van der Waals surface area contributed by atoms with Crippen molar-refractivity contribution < 1.29 is 0 Å². The summed E-state index contributed by atoms with van der Waals surface area (Å²) in [7, 11) is 0. The number of fused-ring (bicyclic) bond motifs is 1. The predicted molar refractivity (Wildman–Crippen MR) is 99.4 cm³/mol. The number of nitrogens with zero attached hydrogens (tertiary/aromatic N) is 3. The molecule has 4 aromatic heterocycles. The van der Waals surface area contributed by atoms with Crippen LogP contribution in [0.25, 0.3) is 32.2 Å². The molecule has 0 N–H and O–H groups in total. The lowest BCUT2D eigenvalue weighted by Gasteiger charge is -2.09. The third-order valence-corrected chi connectivity index (χ3v) is 6.03. The van der Waals surface area contributed by atoms with E-state index in [4.69, 9.17) is 9.97 Å². The molecule has 22 heavy (non-hydrogen) atoms. The molecule has 0 saturated carbocycles. The van der Waals surface area contributed by atoms with Crippen LogP contribution in [0, 0.1) is 0 Å². The summed E-state index contributed by atoms with van der Waals surface area (Å²) in [6.07, 6.45) is 1.74. The fraction of sp³-hybridized carbons (Fsp3) is 0. The maximum Gasteiger partial charge on any atom is 0.133 e. The Bertz CT molecular complexity index is 872.